The summed E-state index contributed by atoms with van der Waals surface area (Å²) >= 11 is 3.77. The van der Waals surface area contributed by atoms with Gasteiger partial charge in [-0.2, -0.15) is 0 Å². The van der Waals surface area contributed by atoms with Crippen molar-refractivity contribution in [1.29, 1.82) is 0 Å². The van der Waals surface area contributed by atoms with Gasteiger partial charge in [0.2, 0.25) is 0 Å². The van der Waals surface area contributed by atoms with Crippen LogP contribution in [0.25, 0.3) is 54.2 Å². The highest BCUT2D eigenvalue weighted by atomic mass is 79.9. The van der Waals surface area contributed by atoms with Crippen molar-refractivity contribution in [2.75, 3.05) is 0 Å². The Bertz CT molecular complexity index is 1520. The first-order valence-electron chi connectivity index (χ1n) is 9.81. The molecule has 0 atom stereocenters. The monoisotopic (exact) mass is 432 g/mol. The zero-order valence-electron chi connectivity index (χ0n) is 15.7. The number of hydrogen-bond acceptors (Lipinski definition) is 0. The van der Waals surface area contributed by atoms with Gasteiger partial charge in [-0.05, 0) is 72.4 Å². The van der Waals surface area contributed by atoms with Gasteiger partial charge in [0.15, 0.2) is 0 Å². The highest BCUT2D eigenvalue weighted by Crippen LogP contribution is 2.38. The van der Waals surface area contributed by atoms with Crippen molar-refractivity contribution in [3.8, 4) is 11.1 Å². The molecule has 6 rings (SSSR count). The van der Waals surface area contributed by atoms with Gasteiger partial charge in [0.1, 0.15) is 0 Å². The average molecular weight is 433 g/mol. The number of halogens is 1. The van der Waals surface area contributed by atoms with Crippen LogP contribution in [0.4, 0.5) is 0 Å². The zero-order valence-corrected chi connectivity index (χ0v) is 17.3. The van der Waals surface area contributed by atoms with Gasteiger partial charge in [0.25, 0.3) is 0 Å². The van der Waals surface area contributed by atoms with E-state index in [0.29, 0.717) is 0 Å². The Kier molecular flexibility index (Phi) is 3.72. The molecule has 0 unspecified atom stereocenters. The van der Waals surface area contributed by atoms with Crippen LogP contribution in [0.15, 0.2) is 108 Å². The second-order valence-corrected chi connectivity index (χ2v) is 8.39. The maximum atomic E-state index is 3.77. The Morgan fingerprint density at radius 2 is 0.897 bits per heavy atom. The summed E-state index contributed by atoms with van der Waals surface area (Å²) in [5.41, 5.74) is 2.47. The van der Waals surface area contributed by atoms with E-state index in [9.17, 15) is 0 Å². The summed E-state index contributed by atoms with van der Waals surface area (Å²) in [6, 6.07) is 37.4. The van der Waals surface area contributed by atoms with Gasteiger partial charge in [-0.3, -0.25) is 0 Å². The van der Waals surface area contributed by atoms with E-state index in [4.69, 9.17) is 0 Å². The maximum Gasteiger partial charge on any atom is 0.0259 e. The summed E-state index contributed by atoms with van der Waals surface area (Å²) in [5, 5.41) is 10.4. The molecule has 0 aromatic heterocycles. The fourth-order valence-corrected chi connectivity index (χ4v) is 5.13. The first kappa shape index (κ1) is 16.8. The topological polar surface area (TPSA) is 0 Å². The van der Waals surface area contributed by atoms with E-state index < -0.39 is 0 Å². The summed E-state index contributed by atoms with van der Waals surface area (Å²) in [4.78, 5) is 0. The van der Waals surface area contributed by atoms with Crippen LogP contribution < -0.4 is 0 Å². The fourth-order valence-electron chi connectivity index (χ4n) is 4.52. The van der Waals surface area contributed by atoms with Gasteiger partial charge in [-0.1, -0.05) is 101 Å². The molecule has 0 N–H and O–H groups in total. The van der Waals surface area contributed by atoms with Crippen LogP contribution in [-0.2, 0) is 0 Å². The van der Waals surface area contributed by atoms with Gasteiger partial charge in [0, 0.05) is 4.47 Å². The lowest BCUT2D eigenvalue weighted by atomic mass is 9.92. The molecule has 0 saturated carbocycles. The molecule has 0 nitrogen and oxygen atoms in total. The van der Waals surface area contributed by atoms with Crippen molar-refractivity contribution in [2.24, 2.45) is 0 Å². The maximum absolute atomic E-state index is 3.77. The number of benzene rings is 6. The molecule has 0 saturated heterocycles. The second kappa shape index (κ2) is 6.43. The van der Waals surface area contributed by atoms with E-state index >= 15 is 0 Å². The summed E-state index contributed by atoms with van der Waals surface area (Å²) in [5.74, 6) is 0. The van der Waals surface area contributed by atoms with Crippen molar-refractivity contribution >= 4 is 59.0 Å². The molecule has 0 aliphatic rings. The highest BCUT2D eigenvalue weighted by molar-refractivity contribution is 9.10. The molecule has 136 valence electrons. The van der Waals surface area contributed by atoms with E-state index in [1.54, 1.807) is 0 Å². The predicted molar refractivity (Wildman–Crippen MR) is 130 cm³/mol. The Hall–Kier alpha value is -3.16. The van der Waals surface area contributed by atoms with Crippen molar-refractivity contribution in [3.63, 3.8) is 0 Å². The van der Waals surface area contributed by atoms with Gasteiger partial charge in [0.05, 0.1) is 0 Å². The first-order chi connectivity index (χ1) is 14.3. The van der Waals surface area contributed by atoms with Crippen molar-refractivity contribution in [3.05, 3.63) is 108 Å². The molecule has 0 bridgehead atoms. The molecule has 6 aromatic carbocycles. The lowest BCUT2D eigenvalue weighted by molar-refractivity contribution is 1.66. The highest BCUT2D eigenvalue weighted by Gasteiger charge is 2.10. The van der Waals surface area contributed by atoms with Crippen LogP contribution >= 0.6 is 15.9 Å². The van der Waals surface area contributed by atoms with Crippen molar-refractivity contribution < 1.29 is 0 Å². The lowest BCUT2D eigenvalue weighted by Crippen LogP contribution is -1.85. The van der Waals surface area contributed by atoms with E-state index in [2.05, 4.69) is 119 Å². The first-order valence-corrected chi connectivity index (χ1v) is 10.6. The molecule has 0 aliphatic heterocycles. The van der Waals surface area contributed by atoms with Crippen LogP contribution in [0, 0.1) is 0 Å². The van der Waals surface area contributed by atoms with E-state index in [-0.39, 0.29) is 0 Å². The lowest BCUT2D eigenvalue weighted by Gasteiger charge is -2.12. The molecule has 0 heterocycles. The van der Waals surface area contributed by atoms with E-state index in [1.165, 1.54) is 54.2 Å². The Morgan fingerprint density at radius 3 is 1.55 bits per heavy atom. The smallest absolute Gasteiger partial charge is 0.0259 e. The third-order valence-electron chi connectivity index (χ3n) is 5.89. The Morgan fingerprint density at radius 1 is 0.379 bits per heavy atom. The zero-order chi connectivity index (χ0) is 19.4. The van der Waals surface area contributed by atoms with Gasteiger partial charge >= 0.3 is 0 Å². The van der Waals surface area contributed by atoms with Gasteiger partial charge < -0.3 is 0 Å². The summed E-state index contributed by atoms with van der Waals surface area (Å²) < 4.78 is 1.13. The van der Waals surface area contributed by atoms with Crippen LogP contribution in [0.3, 0.4) is 0 Å². The van der Waals surface area contributed by atoms with Gasteiger partial charge in [-0.15, -0.1) is 0 Å². The molecule has 0 spiro atoms. The van der Waals surface area contributed by atoms with Crippen LogP contribution in [0.1, 0.15) is 0 Å². The molecule has 6 aromatic rings. The van der Waals surface area contributed by atoms with Crippen LogP contribution in [0.2, 0.25) is 0 Å². The molecule has 0 radical (unpaired) electrons. The Labute approximate surface area is 177 Å². The molecule has 0 amide bonds. The predicted octanol–water partition coefficient (Wildman–Crippen LogP) is 8.73. The summed E-state index contributed by atoms with van der Waals surface area (Å²) in [6.07, 6.45) is 0. The van der Waals surface area contributed by atoms with E-state index in [1.807, 2.05) is 0 Å². The molecular weight excluding hydrogens is 416 g/mol. The summed E-state index contributed by atoms with van der Waals surface area (Å²) in [7, 11) is 0. The second-order valence-electron chi connectivity index (χ2n) is 7.53. The number of rotatable bonds is 1. The number of hydrogen-bond donors (Lipinski definition) is 0. The molecule has 1 heteroatoms. The normalized spacial score (nSPS) is 11.6. The quantitative estimate of drug-likeness (QED) is 0.228. The minimum atomic E-state index is 1.13. The van der Waals surface area contributed by atoms with Gasteiger partial charge in [-0.25, -0.2) is 0 Å². The largest absolute Gasteiger partial charge is 0.0616 e. The van der Waals surface area contributed by atoms with Crippen molar-refractivity contribution in [1.82, 2.24) is 0 Å². The summed E-state index contributed by atoms with van der Waals surface area (Å²) in [6.45, 7) is 0. The SMILES string of the molecule is Brc1cc(-c2ccc3c4ccccc4c4ccccc4c3c2)cc2ccccc12. The average Bonchev–Trinajstić information content (AvgIpc) is 2.79. The Balaban J connectivity index is 1.70. The molecule has 0 aliphatic carbocycles. The molecular formula is C28H17Br. The molecule has 0 fully saturated rings. The minimum absolute atomic E-state index is 1.13. The third kappa shape index (κ3) is 2.58. The molecule has 29 heavy (non-hydrogen) atoms. The van der Waals surface area contributed by atoms with Crippen LogP contribution in [-0.4, -0.2) is 0 Å². The third-order valence-corrected chi connectivity index (χ3v) is 6.54. The standard InChI is InChI=1S/C28H17Br/c29-28-17-20(15-19-7-1-2-8-21(19)28)18-13-14-26-24-11-4-3-9-22(24)23-10-5-6-12-25(23)27(26)16-18/h1-17H. The van der Waals surface area contributed by atoms with E-state index in [0.717, 1.165) is 4.47 Å². The number of fused-ring (bicyclic) bond motifs is 7. The minimum Gasteiger partial charge on any atom is -0.0616 e. The fraction of sp³-hybridized carbons (Fsp3) is 0. The van der Waals surface area contributed by atoms with Crippen molar-refractivity contribution in [2.45, 2.75) is 0 Å². The van der Waals surface area contributed by atoms with Crippen LogP contribution in [0.5, 0.6) is 0 Å².